The lowest BCUT2D eigenvalue weighted by atomic mass is 10.3. The van der Waals surface area contributed by atoms with Gasteiger partial charge in [-0.05, 0) is 6.92 Å². The lowest BCUT2D eigenvalue weighted by molar-refractivity contribution is -0.129. The molecule has 3 heteroatoms. The number of rotatable bonds is 0. The molecular weight excluding hydrogens is 106 g/mol. The van der Waals surface area contributed by atoms with E-state index in [-0.39, 0.29) is 5.90 Å². The molecule has 0 aromatic carbocycles. The fourth-order valence-corrected chi connectivity index (χ4v) is 0.453. The molecular formula is C5H5NO2. The highest BCUT2D eigenvalue weighted by molar-refractivity contribution is 6.09. The molecule has 42 valence electrons. The first-order chi connectivity index (χ1) is 3.70. The summed E-state index contributed by atoms with van der Waals surface area (Å²) >= 11 is 0. The normalized spacial score (nSPS) is 18.4. The van der Waals surface area contributed by atoms with Crippen molar-refractivity contribution >= 4 is 11.9 Å². The summed E-state index contributed by atoms with van der Waals surface area (Å²) in [5.41, 5.74) is 0.593. The van der Waals surface area contributed by atoms with Gasteiger partial charge in [0.05, 0.1) is 0 Å². The summed E-state index contributed by atoms with van der Waals surface area (Å²) in [7, 11) is 0. The number of carbonyl (C=O) groups excluding carboxylic acids is 1. The average Bonchev–Trinajstić information content (AvgIpc) is 1.85. The van der Waals surface area contributed by atoms with Gasteiger partial charge in [0.15, 0.2) is 0 Å². The molecule has 0 saturated heterocycles. The van der Waals surface area contributed by atoms with E-state index in [1.807, 2.05) is 0 Å². The Kier molecular flexibility index (Phi) is 0.901. The van der Waals surface area contributed by atoms with Crippen LogP contribution in [0.3, 0.4) is 0 Å². The Morgan fingerprint density at radius 1 is 1.75 bits per heavy atom. The van der Waals surface area contributed by atoms with Crippen LogP contribution >= 0.6 is 0 Å². The maximum Gasteiger partial charge on any atom is 0.337 e. The molecule has 0 unspecified atom stereocenters. The number of ether oxygens (including phenoxy) is 1. The molecule has 0 spiro atoms. The highest BCUT2D eigenvalue weighted by Gasteiger charge is 2.14. The second kappa shape index (κ2) is 1.43. The lowest BCUT2D eigenvalue weighted by Gasteiger charge is -1.88. The Hall–Kier alpha value is -1.12. The molecule has 1 aliphatic heterocycles. The molecule has 0 aliphatic carbocycles. The highest BCUT2D eigenvalue weighted by atomic mass is 16.5. The van der Waals surface area contributed by atoms with E-state index in [1.165, 1.54) is 6.08 Å². The van der Waals surface area contributed by atoms with Gasteiger partial charge in [0, 0.05) is 11.6 Å². The van der Waals surface area contributed by atoms with Crippen molar-refractivity contribution in [1.82, 2.24) is 0 Å². The maximum atomic E-state index is 10.2. The molecule has 8 heavy (non-hydrogen) atoms. The van der Waals surface area contributed by atoms with Crippen LogP contribution in [0, 0.1) is 5.41 Å². The van der Waals surface area contributed by atoms with Gasteiger partial charge in [-0.3, -0.25) is 5.41 Å². The first-order valence-corrected chi connectivity index (χ1v) is 2.19. The Bertz CT molecular complexity index is 181. The van der Waals surface area contributed by atoms with E-state index >= 15 is 0 Å². The highest BCUT2D eigenvalue weighted by Crippen LogP contribution is 2.05. The third-order valence-corrected chi connectivity index (χ3v) is 0.895. The standard InChI is InChI=1S/C5H5NO2/c1-3-2-4(7)8-5(3)6/h2,6H,1H3. The Morgan fingerprint density at radius 2 is 2.38 bits per heavy atom. The Balaban J connectivity index is 2.88. The van der Waals surface area contributed by atoms with E-state index in [0.717, 1.165) is 0 Å². The number of hydrogen-bond donors (Lipinski definition) is 1. The molecule has 1 heterocycles. The third-order valence-electron chi connectivity index (χ3n) is 0.895. The summed E-state index contributed by atoms with van der Waals surface area (Å²) in [5, 5.41) is 6.87. The van der Waals surface area contributed by atoms with E-state index < -0.39 is 5.97 Å². The SMILES string of the molecule is CC1=CC(=O)OC1=N. The van der Waals surface area contributed by atoms with Crippen LogP contribution in [0.4, 0.5) is 0 Å². The zero-order chi connectivity index (χ0) is 6.15. The monoisotopic (exact) mass is 111 g/mol. The third kappa shape index (κ3) is 0.621. The summed E-state index contributed by atoms with van der Waals surface area (Å²) in [5.74, 6) is -0.470. The Morgan fingerprint density at radius 3 is 2.50 bits per heavy atom. The number of esters is 1. The van der Waals surface area contributed by atoms with E-state index in [0.29, 0.717) is 5.57 Å². The van der Waals surface area contributed by atoms with Crippen LogP contribution < -0.4 is 0 Å². The topological polar surface area (TPSA) is 50.2 Å². The fraction of sp³-hybridized carbons (Fsp3) is 0.200. The molecule has 0 aromatic rings. The summed E-state index contributed by atoms with van der Waals surface area (Å²) in [6.45, 7) is 1.66. The van der Waals surface area contributed by atoms with E-state index in [1.54, 1.807) is 6.92 Å². The molecule has 1 rings (SSSR count). The van der Waals surface area contributed by atoms with Gasteiger partial charge in [0.25, 0.3) is 0 Å². The van der Waals surface area contributed by atoms with E-state index in [4.69, 9.17) is 5.41 Å². The van der Waals surface area contributed by atoms with Crippen molar-refractivity contribution in [3.8, 4) is 0 Å². The molecule has 0 bridgehead atoms. The minimum absolute atomic E-state index is 0.0324. The van der Waals surface area contributed by atoms with Crippen LogP contribution in [-0.2, 0) is 9.53 Å². The molecule has 0 aromatic heterocycles. The number of cyclic esters (lactones) is 1. The fourth-order valence-electron chi connectivity index (χ4n) is 0.453. The van der Waals surface area contributed by atoms with Crippen molar-refractivity contribution in [2.75, 3.05) is 0 Å². The van der Waals surface area contributed by atoms with Crippen LogP contribution in [-0.4, -0.2) is 11.9 Å². The summed E-state index contributed by atoms with van der Waals surface area (Å²) < 4.78 is 4.33. The predicted molar refractivity (Wildman–Crippen MR) is 27.6 cm³/mol. The van der Waals surface area contributed by atoms with Gasteiger partial charge in [0.2, 0.25) is 5.90 Å². The molecule has 0 fully saturated rings. The Labute approximate surface area is 46.5 Å². The minimum atomic E-state index is -0.437. The van der Waals surface area contributed by atoms with Crippen molar-refractivity contribution < 1.29 is 9.53 Å². The van der Waals surface area contributed by atoms with Gasteiger partial charge in [-0.15, -0.1) is 0 Å². The van der Waals surface area contributed by atoms with Crippen LogP contribution in [0.5, 0.6) is 0 Å². The van der Waals surface area contributed by atoms with Gasteiger partial charge in [-0.25, -0.2) is 4.79 Å². The van der Waals surface area contributed by atoms with Crippen molar-refractivity contribution in [3.05, 3.63) is 11.6 Å². The van der Waals surface area contributed by atoms with Crippen molar-refractivity contribution in [1.29, 1.82) is 5.41 Å². The molecule has 0 saturated carbocycles. The van der Waals surface area contributed by atoms with Crippen LogP contribution in [0.1, 0.15) is 6.92 Å². The van der Waals surface area contributed by atoms with Gasteiger partial charge in [0.1, 0.15) is 0 Å². The predicted octanol–water partition coefficient (Wildman–Crippen LogP) is 0.467. The molecule has 1 aliphatic rings. The van der Waals surface area contributed by atoms with Crippen LogP contribution in [0.25, 0.3) is 0 Å². The van der Waals surface area contributed by atoms with Crippen LogP contribution in [0.15, 0.2) is 11.6 Å². The first kappa shape index (κ1) is 5.03. The number of carbonyl (C=O) groups is 1. The molecule has 1 N–H and O–H groups in total. The van der Waals surface area contributed by atoms with Gasteiger partial charge < -0.3 is 4.74 Å². The molecule has 0 radical (unpaired) electrons. The summed E-state index contributed by atoms with van der Waals surface area (Å²) in [6, 6.07) is 0. The second-order valence-electron chi connectivity index (χ2n) is 1.58. The first-order valence-electron chi connectivity index (χ1n) is 2.19. The minimum Gasteiger partial charge on any atom is -0.405 e. The molecule has 0 atom stereocenters. The number of nitrogens with one attached hydrogen (secondary N) is 1. The quantitative estimate of drug-likeness (QED) is 0.462. The lowest BCUT2D eigenvalue weighted by Crippen LogP contribution is -1.98. The zero-order valence-corrected chi connectivity index (χ0v) is 4.39. The van der Waals surface area contributed by atoms with Gasteiger partial charge >= 0.3 is 5.97 Å². The number of hydrogen-bond acceptors (Lipinski definition) is 3. The second-order valence-corrected chi connectivity index (χ2v) is 1.58. The maximum absolute atomic E-state index is 10.2. The van der Waals surface area contributed by atoms with Crippen LogP contribution in [0.2, 0.25) is 0 Å². The molecule has 3 nitrogen and oxygen atoms in total. The van der Waals surface area contributed by atoms with Gasteiger partial charge in [-0.2, -0.15) is 0 Å². The largest absolute Gasteiger partial charge is 0.405 e. The summed E-state index contributed by atoms with van der Waals surface area (Å²) in [6.07, 6.45) is 1.29. The summed E-state index contributed by atoms with van der Waals surface area (Å²) in [4.78, 5) is 10.2. The van der Waals surface area contributed by atoms with E-state index in [2.05, 4.69) is 4.74 Å². The van der Waals surface area contributed by atoms with Crippen molar-refractivity contribution in [2.45, 2.75) is 6.92 Å². The zero-order valence-electron chi connectivity index (χ0n) is 4.39. The average molecular weight is 111 g/mol. The smallest absolute Gasteiger partial charge is 0.337 e. The van der Waals surface area contributed by atoms with Gasteiger partial charge in [-0.1, -0.05) is 0 Å². The van der Waals surface area contributed by atoms with Crippen molar-refractivity contribution in [2.24, 2.45) is 0 Å². The molecule has 0 amide bonds. The van der Waals surface area contributed by atoms with E-state index in [9.17, 15) is 4.79 Å². The van der Waals surface area contributed by atoms with Crippen molar-refractivity contribution in [3.63, 3.8) is 0 Å².